The number of nitrogens with zero attached hydrogens (tertiary/aromatic N) is 3. The summed E-state index contributed by atoms with van der Waals surface area (Å²) < 4.78 is 6.04. The molecule has 233 valence electrons. The number of furan rings is 1. The molecule has 0 N–H and O–H groups in total. The van der Waals surface area contributed by atoms with Crippen LogP contribution in [-0.4, -0.2) is 23.0 Å². The van der Waals surface area contributed by atoms with E-state index in [1.54, 1.807) is 0 Å². The quantitative estimate of drug-likeness (QED) is 0.129. The van der Waals surface area contributed by atoms with Crippen LogP contribution >= 0.6 is 0 Å². The van der Waals surface area contributed by atoms with Crippen molar-refractivity contribution in [1.29, 1.82) is 0 Å². The first-order chi connectivity index (χ1) is 21.7. The maximum atomic E-state index is 6.04. The summed E-state index contributed by atoms with van der Waals surface area (Å²) in [6.07, 6.45) is 3.92. The molecule has 4 heterocycles. The van der Waals surface area contributed by atoms with Crippen LogP contribution in [0.5, 0.6) is 0 Å². The molecule has 3 aromatic carbocycles. The molecule has 0 aliphatic carbocycles. The Bertz CT molecular complexity index is 2080. The Kier molecular flexibility index (Phi) is 10.1. The van der Waals surface area contributed by atoms with Crippen LogP contribution in [0.1, 0.15) is 31.0 Å². The molecule has 0 spiro atoms. The average Bonchev–Trinajstić information content (AvgIpc) is 3.43. The van der Waals surface area contributed by atoms with E-state index in [0.717, 1.165) is 44.6 Å². The topological polar surface area (TPSA) is 51.8 Å². The van der Waals surface area contributed by atoms with E-state index < -0.39 is 8.07 Å². The number of rotatable bonds is 5. The molecule has 0 atom stereocenters. The Balaban J connectivity index is 0.000000178. The van der Waals surface area contributed by atoms with Gasteiger partial charge in [-0.2, -0.15) is 0 Å². The zero-order chi connectivity index (χ0) is 31.6. The van der Waals surface area contributed by atoms with E-state index in [1.165, 1.54) is 21.9 Å². The van der Waals surface area contributed by atoms with Gasteiger partial charge in [0.15, 0.2) is 0 Å². The summed E-state index contributed by atoms with van der Waals surface area (Å²) in [5.41, 5.74) is 10.0. The molecule has 0 amide bonds. The zero-order valence-corrected chi connectivity index (χ0v) is 30.4. The summed E-state index contributed by atoms with van der Waals surface area (Å²) >= 11 is 0. The number of aromatic nitrogens is 3. The van der Waals surface area contributed by atoms with Gasteiger partial charge >= 0.3 is 0 Å². The van der Waals surface area contributed by atoms with Crippen LogP contribution in [0.15, 0.2) is 114 Å². The van der Waals surface area contributed by atoms with Gasteiger partial charge in [-0.05, 0) is 58.7 Å². The van der Waals surface area contributed by atoms with E-state index in [9.17, 15) is 0 Å². The van der Waals surface area contributed by atoms with Crippen LogP contribution < -0.4 is 5.19 Å². The van der Waals surface area contributed by atoms with Crippen molar-refractivity contribution in [3.63, 3.8) is 0 Å². The van der Waals surface area contributed by atoms with Gasteiger partial charge in [-0.1, -0.05) is 92.5 Å². The Morgan fingerprint density at radius 3 is 2.26 bits per heavy atom. The predicted octanol–water partition coefficient (Wildman–Crippen LogP) is 10.0. The van der Waals surface area contributed by atoms with Gasteiger partial charge in [0.1, 0.15) is 0 Å². The van der Waals surface area contributed by atoms with Gasteiger partial charge in [0.05, 0.1) is 13.7 Å². The van der Waals surface area contributed by atoms with Crippen LogP contribution in [0, 0.1) is 19.1 Å². The fraction of sp³-hybridized carbons (Fsp3) is 0.175. The zero-order valence-electron chi connectivity index (χ0n) is 27.1. The summed E-state index contributed by atoms with van der Waals surface area (Å²) in [6, 6.07) is 39.6. The van der Waals surface area contributed by atoms with Crippen molar-refractivity contribution in [2.24, 2.45) is 0 Å². The maximum absolute atomic E-state index is 6.04. The van der Waals surface area contributed by atoms with Crippen LogP contribution in [0.25, 0.3) is 55.7 Å². The van der Waals surface area contributed by atoms with Crippen LogP contribution in [0.4, 0.5) is 0 Å². The fourth-order valence-electron chi connectivity index (χ4n) is 5.46. The first-order valence-electron chi connectivity index (χ1n) is 15.4. The molecular weight excluding hydrogens is 759 g/mol. The minimum absolute atomic E-state index is 0. The predicted molar refractivity (Wildman–Crippen MR) is 189 cm³/mol. The third-order valence-electron chi connectivity index (χ3n) is 7.93. The van der Waals surface area contributed by atoms with Gasteiger partial charge < -0.3 is 14.4 Å². The van der Waals surface area contributed by atoms with E-state index in [4.69, 9.17) is 9.40 Å². The van der Waals surface area contributed by atoms with Gasteiger partial charge in [0, 0.05) is 43.6 Å². The van der Waals surface area contributed by atoms with Gasteiger partial charge in [0.2, 0.25) is 5.71 Å². The molecule has 0 bridgehead atoms. The van der Waals surface area contributed by atoms with Crippen LogP contribution in [0.2, 0.25) is 19.6 Å². The molecule has 0 saturated carbocycles. The van der Waals surface area contributed by atoms with E-state index in [0.29, 0.717) is 11.6 Å². The van der Waals surface area contributed by atoms with Crippen LogP contribution in [0.3, 0.4) is 0 Å². The van der Waals surface area contributed by atoms with Crippen molar-refractivity contribution in [2.45, 2.75) is 46.3 Å². The Labute approximate surface area is 286 Å². The molecule has 46 heavy (non-hydrogen) atoms. The summed E-state index contributed by atoms with van der Waals surface area (Å²) in [5, 5.41) is 3.48. The second-order valence-corrected chi connectivity index (χ2v) is 17.7. The van der Waals surface area contributed by atoms with E-state index in [-0.39, 0.29) is 20.1 Å². The van der Waals surface area contributed by atoms with E-state index in [1.807, 2.05) is 49.5 Å². The standard InChI is InChI=1S/C20H17N2O.C20H20NSi.Ir/c1-12(2)14-9-10-21-18(11-14)17-6-4-5-15-16-8-7-13(3)22-20(16)23-19(15)17;1-22(2,3)20-15-21-19(17-12-8-5-9-13-17)14-18(20)16-10-6-4-7-11-16;/h4-5,7-12H,1-3H3;4-12,14-15H,1-3H3;/q2*-1;. The molecule has 0 aliphatic rings. The molecule has 0 unspecified atom stereocenters. The van der Waals surface area contributed by atoms with Crippen molar-refractivity contribution in [3.8, 4) is 33.6 Å². The molecule has 6 heteroatoms. The van der Waals surface area contributed by atoms with Crippen molar-refractivity contribution < 1.29 is 24.5 Å². The number of hydrogen-bond donors (Lipinski definition) is 0. The summed E-state index contributed by atoms with van der Waals surface area (Å²) in [5.74, 6) is 0.455. The molecule has 7 rings (SSSR count). The first kappa shape index (κ1) is 33.1. The molecule has 0 saturated heterocycles. The first-order valence-corrected chi connectivity index (χ1v) is 18.9. The third kappa shape index (κ3) is 7.10. The van der Waals surface area contributed by atoms with Gasteiger partial charge in [0.25, 0.3) is 0 Å². The molecule has 0 fully saturated rings. The number of fused-ring (bicyclic) bond motifs is 3. The largest absolute Gasteiger partial charge is 0.486 e. The maximum Gasteiger partial charge on any atom is 0.216 e. The summed E-state index contributed by atoms with van der Waals surface area (Å²) in [6.45, 7) is 13.4. The van der Waals surface area contributed by atoms with Gasteiger partial charge in [-0.25, -0.2) is 4.98 Å². The van der Waals surface area contributed by atoms with Crippen molar-refractivity contribution in [3.05, 3.63) is 133 Å². The molecule has 0 aliphatic heterocycles. The number of pyridine rings is 3. The van der Waals surface area contributed by atoms with Gasteiger partial charge in [-0.15, -0.1) is 54.1 Å². The smallest absolute Gasteiger partial charge is 0.216 e. The number of benzene rings is 3. The number of hydrogen-bond acceptors (Lipinski definition) is 4. The third-order valence-corrected chi connectivity index (χ3v) is 9.94. The average molecular weight is 796 g/mol. The Morgan fingerprint density at radius 2 is 1.54 bits per heavy atom. The fourth-order valence-corrected chi connectivity index (χ4v) is 6.93. The van der Waals surface area contributed by atoms with Crippen molar-refractivity contribution >= 4 is 35.3 Å². The monoisotopic (exact) mass is 796 g/mol. The molecular formula is C40H37IrN3OSi-2. The Morgan fingerprint density at radius 1 is 0.761 bits per heavy atom. The SMILES string of the molecule is C[Si](C)(C)c1cnc(-c2[c-]cccc2)cc1-c1ccccc1.Cc1ccc2c(n1)oc1c(-c3cc(C(C)C)ccn3)[c-]ccc12.[Ir]. The minimum Gasteiger partial charge on any atom is -0.486 e. The van der Waals surface area contributed by atoms with Crippen molar-refractivity contribution in [2.75, 3.05) is 0 Å². The summed E-state index contributed by atoms with van der Waals surface area (Å²) in [7, 11) is -1.46. The molecule has 4 nitrogen and oxygen atoms in total. The number of aryl methyl sites for hydroxylation is 1. The van der Waals surface area contributed by atoms with E-state index >= 15 is 0 Å². The van der Waals surface area contributed by atoms with Crippen molar-refractivity contribution in [1.82, 2.24) is 15.0 Å². The van der Waals surface area contributed by atoms with E-state index in [2.05, 4.69) is 122 Å². The Hall–Kier alpha value is -4.22. The second-order valence-electron chi connectivity index (χ2n) is 12.6. The minimum atomic E-state index is -1.46. The van der Waals surface area contributed by atoms with Crippen LogP contribution in [-0.2, 0) is 20.1 Å². The molecule has 7 aromatic rings. The summed E-state index contributed by atoms with van der Waals surface area (Å²) in [4.78, 5) is 13.7. The molecule has 4 aromatic heterocycles. The molecule has 1 radical (unpaired) electrons. The van der Waals surface area contributed by atoms with Gasteiger partial charge in [-0.3, -0.25) is 0 Å². The normalized spacial score (nSPS) is 11.3. The second kappa shape index (κ2) is 14.0.